The van der Waals surface area contributed by atoms with E-state index in [-0.39, 0.29) is 5.91 Å². The number of benzene rings is 1. The first-order valence-electron chi connectivity index (χ1n) is 6.08. The zero-order valence-corrected chi connectivity index (χ0v) is 11.1. The van der Waals surface area contributed by atoms with Crippen molar-refractivity contribution in [2.24, 2.45) is 5.84 Å². The number of nitrogens with one attached hydrogen (secondary N) is 2. The monoisotopic (exact) mass is 272 g/mol. The lowest BCUT2D eigenvalue weighted by Crippen LogP contribution is -2.25. The standard InChI is InChI=1S/C14H16N4O2/c1-20-12-7-3-2-5-10(12)9-17-14(19)11-6-4-8-16-13(11)18-15/h2-8H,9,15H2,1H3,(H,16,18)(H,17,19). The highest BCUT2D eigenvalue weighted by Gasteiger charge is 2.11. The summed E-state index contributed by atoms with van der Waals surface area (Å²) in [6.45, 7) is 0.363. The maximum atomic E-state index is 12.1. The Bertz CT molecular complexity index is 601. The zero-order valence-electron chi connectivity index (χ0n) is 11.1. The first-order chi connectivity index (χ1) is 9.76. The van der Waals surface area contributed by atoms with E-state index in [0.717, 1.165) is 11.3 Å². The molecule has 0 saturated carbocycles. The van der Waals surface area contributed by atoms with Crippen LogP contribution < -0.4 is 21.3 Å². The number of ether oxygens (including phenoxy) is 1. The fraction of sp³-hybridized carbons (Fsp3) is 0.143. The summed E-state index contributed by atoms with van der Waals surface area (Å²) >= 11 is 0. The SMILES string of the molecule is COc1ccccc1CNC(=O)c1cccnc1NN. The van der Waals surface area contributed by atoms with E-state index in [0.29, 0.717) is 17.9 Å². The third-order valence-electron chi connectivity index (χ3n) is 2.82. The molecule has 0 atom stereocenters. The molecule has 1 aromatic heterocycles. The Labute approximate surface area is 116 Å². The van der Waals surface area contributed by atoms with Gasteiger partial charge >= 0.3 is 0 Å². The van der Waals surface area contributed by atoms with Crippen molar-refractivity contribution in [1.29, 1.82) is 0 Å². The lowest BCUT2D eigenvalue weighted by Gasteiger charge is -2.11. The van der Waals surface area contributed by atoms with Crippen LogP contribution in [-0.2, 0) is 6.54 Å². The highest BCUT2D eigenvalue weighted by molar-refractivity contribution is 5.98. The first kappa shape index (κ1) is 13.8. The minimum Gasteiger partial charge on any atom is -0.496 e. The van der Waals surface area contributed by atoms with Gasteiger partial charge in [0.15, 0.2) is 5.82 Å². The topological polar surface area (TPSA) is 89.3 Å². The maximum absolute atomic E-state index is 12.1. The second kappa shape index (κ2) is 6.53. The van der Waals surface area contributed by atoms with Gasteiger partial charge < -0.3 is 15.5 Å². The summed E-state index contributed by atoms with van der Waals surface area (Å²) in [5.74, 6) is 6.15. The Balaban J connectivity index is 2.09. The molecule has 2 aromatic rings. The lowest BCUT2D eigenvalue weighted by atomic mass is 10.2. The molecular formula is C14H16N4O2. The summed E-state index contributed by atoms with van der Waals surface area (Å²) in [6.07, 6.45) is 1.56. The van der Waals surface area contributed by atoms with Gasteiger partial charge in [-0.1, -0.05) is 18.2 Å². The molecule has 104 valence electrons. The Morgan fingerprint density at radius 2 is 2.10 bits per heavy atom. The summed E-state index contributed by atoms with van der Waals surface area (Å²) in [4.78, 5) is 16.1. The van der Waals surface area contributed by atoms with E-state index in [4.69, 9.17) is 10.6 Å². The molecule has 2 rings (SSSR count). The van der Waals surface area contributed by atoms with Crippen LogP contribution in [0.3, 0.4) is 0 Å². The van der Waals surface area contributed by atoms with E-state index in [1.165, 1.54) is 0 Å². The molecule has 20 heavy (non-hydrogen) atoms. The number of nitrogens with zero attached hydrogens (tertiary/aromatic N) is 1. The zero-order chi connectivity index (χ0) is 14.4. The van der Waals surface area contributed by atoms with Crippen LogP contribution in [0.2, 0.25) is 0 Å². The second-order valence-corrected chi connectivity index (χ2v) is 4.04. The maximum Gasteiger partial charge on any atom is 0.255 e. The molecule has 1 aromatic carbocycles. The molecule has 0 bridgehead atoms. The van der Waals surface area contributed by atoms with Crippen molar-refractivity contribution in [2.45, 2.75) is 6.54 Å². The van der Waals surface area contributed by atoms with Gasteiger partial charge in [-0.15, -0.1) is 0 Å². The van der Waals surface area contributed by atoms with Gasteiger partial charge in [-0.25, -0.2) is 10.8 Å². The minimum absolute atomic E-state index is 0.253. The van der Waals surface area contributed by atoms with Crippen molar-refractivity contribution in [2.75, 3.05) is 12.5 Å². The Kier molecular flexibility index (Phi) is 4.52. The van der Waals surface area contributed by atoms with E-state index < -0.39 is 0 Å². The van der Waals surface area contributed by atoms with Crippen LogP contribution in [0.5, 0.6) is 5.75 Å². The fourth-order valence-corrected chi connectivity index (χ4v) is 1.82. The van der Waals surface area contributed by atoms with Crippen LogP contribution in [0, 0.1) is 0 Å². The molecule has 0 radical (unpaired) electrons. The van der Waals surface area contributed by atoms with Gasteiger partial charge in [0.1, 0.15) is 5.75 Å². The van der Waals surface area contributed by atoms with E-state index in [1.54, 1.807) is 25.4 Å². The molecule has 0 aliphatic rings. The summed E-state index contributed by atoms with van der Waals surface area (Å²) in [6, 6.07) is 10.8. The minimum atomic E-state index is -0.253. The number of para-hydroxylation sites is 1. The molecule has 0 aliphatic heterocycles. The van der Waals surface area contributed by atoms with Gasteiger partial charge in [-0.3, -0.25) is 4.79 Å². The van der Waals surface area contributed by atoms with Crippen molar-refractivity contribution in [3.63, 3.8) is 0 Å². The predicted octanol–water partition coefficient (Wildman–Crippen LogP) is 1.31. The fourth-order valence-electron chi connectivity index (χ4n) is 1.82. The highest BCUT2D eigenvalue weighted by atomic mass is 16.5. The summed E-state index contributed by atoms with van der Waals surface area (Å²) in [5.41, 5.74) is 3.69. The molecule has 6 heteroatoms. The summed E-state index contributed by atoms with van der Waals surface area (Å²) in [5, 5.41) is 2.81. The number of nitrogen functional groups attached to an aromatic ring is 1. The van der Waals surface area contributed by atoms with Crippen molar-refractivity contribution < 1.29 is 9.53 Å². The number of aromatic nitrogens is 1. The summed E-state index contributed by atoms with van der Waals surface area (Å²) in [7, 11) is 1.60. The van der Waals surface area contributed by atoms with E-state index in [2.05, 4.69) is 15.7 Å². The highest BCUT2D eigenvalue weighted by Crippen LogP contribution is 2.17. The molecule has 0 aliphatic carbocycles. The van der Waals surface area contributed by atoms with Crippen LogP contribution in [0.15, 0.2) is 42.6 Å². The third-order valence-corrected chi connectivity index (χ3v) is 2.82. The van der Waals surface area contributed by atoms with Crippen LogP contribution in [0.4, 0.5) is 5.82 Å². The number of anilines is 1. The van der Waals surface area contributed by atoms with Crippen LogP contribution in [0.1, 0.15) is 15.9 Å². The molecular weight excluding hydrogens is 256 g/mol. The number of hydrogen-bond acceptors (Lipinski definition) is 5. The number of carbonyl (C=O) groups excluding carboxylic acids is 1. The van der Waals surface area contributed by atoms with Crippen molar-refractivity contribution >= 4 is 11.7 Å². The summed E-state index contributed by atoms with van der Waals surface area (Å²) < 4.78 is 5.23. The second-order valence-electron chi connectivity index (χ2n) is 4.04. The Hall–Kier alpha value is -2.60. The largest absolute Gasteiger partial charge is 0.496 e. The average Bonchev–Trinajstić information content (AvgIpc) is 2.52. The quantitative estimate of drug-likeness (QED) is 0.564. The third kappa shape index (κ3) is 3.04. The molecule has 4 N–H and O–H groups in total. The number of carbonyl (C=O) groups is 1. The molecule has 0 saturated heterocycles. The number of amides is 1. The normalized spacial score (nSPS) is 9.90. The number of rotatable bonds is 5. The number of nitrogens with two attached hydrogens (primary N) is 1. The van der Waals surface area contributed by atoms with Gasteiger partial charge in [0.25, 0.3) is 5.91 Å². The van der Waals surface area contributed by atoms with Gasteiger partial charge in [-0.2, -0.15) is 0 Å². The van der Waals surface area contributed by atoms with Crippen LogP contribution in [-0.4, -0.2) is 18.0 Å². The van der Waals surface area contributed by atoms with Crippen molar-refractivity contribution in [3.8, 4) is 5.75 Å². The molecule has 0 fully saturated rings. The van der Waals surface area contributed by atoms with E-state index in [1.807, 2.05) is 24.3 Å². The molecule has 6 nitrogen and oxygen atoms in total. The van der Waals surface area contributed by atoms with Crippen LogP contribution >= 0.6 is 0 Å². The lowest BCUT2D eigenvalue weighted by molar-refractivity contribution is 0.0951. The number of methoxy groups -OCH3 is 1. The smallest absolute Gasteiger partial charge is 0.255 e. The number of hydrazine groups is 1. The van der Waals surface area contributed by atoms with Gasteiger partial charge in [-0.05, 0) is 18.2 Å². The molecule has 1 amide bonds. The molecule has 1 heterocycles. The predicted molar refractivity (Wildman–Crippen MR) is 76.2 cm³/mol. The molecule has 0 unspecified atom stereocenters. The average molecular weight is 272 g/mol. The van der Waals surface area contributed by atoms with Crippen LogP contribution in [0.25, 0.3) is 0 Å². The van der Waals surface area contributed by atoms with Gasteiger partial charge in [0.2, 0.25) is 0 Å². The van der Waals surface area contributed by atoms with E-state index >= 15 is 0 Å². The van der Waals surface area contributed by atoms with E-state index in [9.17, 15) is 4.79 Å². The number of hydrogen-bond donors (Lipinski definition) is 3. The number of pyridine rings is 1. The Morgan fingerprint density at radius 1 is 1.30 bits per heavy atom. The Morgan fingerprint density at radius 3 is 2.85 bits per heavy atom. The molecule has 0 spiro atoms. The van der Waals surface area contributed by atoms with Crippen molar-refractivity contribution in [3.05, 3.63) is 53.7 Å². The van der Waals surface area contributed by atoms with Crippen molar-refractivity contribution in [1.82, 2.24) is 10.3 Å². The van der Waals surface area contributed by atoms with Gasteiger partial charge in [0.05, 0.1) is 12.7 Å². The van der Waals surface area contributed by atoms with Gasteiger partial charge in [0, 0.05) is 18.3 Å². The first-order valence-corrected chi connectivity index (χ1v) is 6.08.